The van der Waals surface area contributed by atoms with Gasteiger partial charge in [0.25, 0.3) is 24.0 Å². The molecule has 2 aliphatic heterocycles. The topological polar surface area (TPSA) is 154 Å². The first-order valence-corrected chi connectivity index (χ1v) is 12.0. The normalized spacial score (nSPS) is 19.2. The number of nitro groups is 1. The number of nitrogens with zero attached hydrogens (tertiary/aromatic N) is 2. The van der Waals surface area contributed by atoms with Crippen LogP contribution in [0.2, 0.25) is 0 Å². The lowest BCUT2D eigenvalue weighted by atomic mass is 10.0. The Balaban J connectivity index is 1.45. The quantitative estimate of drug-likeness (QED) is 0.159. The third-order valence-corrected chi connectivity index (χ3v) is 6.97. The second-order valence-electron chi connectivity index (χ2n) is 7.89. The van der Waals surface area contributed by atoms with Gasteiger partial charge in [-0.05, 0) is 17.7 Å². The number of thioether (sulfide) groups is 1. The van der Waals surface area contributed by atoms with Crippen LogP contribution >= 0.6 is 11.8 Å². The summed E-state index contributed by atoms with van der Waals surface area (Å²) in [6.45, 7) is -0.0206. The number of nitrogens with one attached hydrogen (secondary N) is 1. The van der Waals surface area contributed by atoms with Gasteiger partial charge in [-0.1, -0.05) is 30.3 Å². The van der Waals surface area contributed by atoms with Gasteiger partial charge in [0.2, 0.25) is 6.10 Å². The minimum atomic E-state index is -1.25. The third-order valence-electron chi connectivity index (χ3n) is 5.72. The molecule has 2 aromatic rings. The molecule has 0 spiro atoms. The Morgan fingerprint density at radius 1 is 1.22 bits per heavy atom. The van der Waals surface area contributed by atoms with Crippen molar-refractivity contribution in [2.45, 2.75) is 24.1 Å². The second kappa shape index (κ2) is 11.1. The Morgan fingerprint density at radius 3 is 2.54 bits per heavy atom. The number of methoxy groups -OCH3 is 1. The zero-order valence-corrected chi connectivity index (χ0v) is 20.2. The summed E-state index contributed by atoms with van der Waals surface area (Å²) in [5, 5.41) is 12.8. The largest absolute Gasteiger partial charge is 0.498 e. The predicted molar refractivity (Wildman–Crippen MR) is 128 cm³/mol. The lowest BCUT2D eigenvalue weighted by molar-refractivity contribution is -0.384. The van der Waals surface area contributed by atoms with Crippen LogP contribution in [0.3, 0.4) is 0 Å². The first-order chi connectivity index (χ1) is 17.8. The summed E-state index contributed by atoms with van der Waals surface area (Å²) < 4.78 is 15.6. The highest BCUT2D eigenvalue weighted by Gasteiger charge is 2.55. The number of hydrogen-bond donors (Lipinski definition) is 1. The number of amides is 2. The summed E-state index contributed by atoms with van der Waals surface area (Å²) in [6, 6.07) is 12.9. The highest BCUT2D eigenvalue weighted by atomic mass is 32.2. The highest BCUT2D eigenvalue weighted by molar-refractivity contribution is 8.00. The molecule has 0 radical (unpaired) electrons. The van der Waals surface area contributed by atoms with E-state index in [1.54, 1.807) is 30.3 Å². The van der Waals surface area contributed by atoms with Gasteiger partial charge in [0.15, 0.2) is 5.70 Å². The number of β-lactam (4-membered cyclic amide) rings is 1. The van der Waals surface area contributed by atoms with E-state index in [0.717, 1.165) is 0 Å². The molecule has 2 aliphatic rings. The van der Waals surface area contributed by atoms with Crippen LogP contribution in [0.4, 0.5) is 5.69 Å². The molecular weight excluding hydrogens is 506 g/mol. The van der Waals surface area contributed by atoms with Crippen molar-refractivity contribution >= 4 is 41.7 Å². The Labute approximate surface area is 214 Å². The zero-order chi connectivity index (χ0) is 26.5. The number of esters is 1. The summed E-state index contributed by atoms with van der Waals surface area (Å²) in [5.74, 6) is -1.57. The monoisotopic (exact) mass is 527 g/mol. The number of nitro benzene ring substituents is 1. The van der Waals surface area contributed by atoms with Crippen molar-refractivity contribution < 1.29 is 38.3 Å². The fraction of sp³-hybridized carbons (Fsp3) is 0.250. The number of fused-ring (bicyclic) bond motifs is 1. The highest BCUT2D eigenvalue weighted by Crippen LogP contribution is 2.41. The molecular formula is C24H21N3O9S. The number of ether oxygens (including phenoxy) is 3. The van der Waals surface area contributed by atoms with E-state index in [1.165, 1.54) is 48.0 Å². The molecule has 1 fully saturated rings. The molecule has 4 rings (SSSR count). The zero-order valence-electron chi connectivity index (χ0n) is 19.4. The minimum absolute atomic E-state index is 0.0765. The van der Waals surface area contributed by atoms with Crippen LogP contribution < -0.4 is 5.32 Å². The molecule has 2 heterocycles. The molecule has 2 aromatic carbocycles. The lowest BCUT2D eigenvalue weighted by Gasteiger charge is -2.49. The summed E-state index contributed by atoms with van der Waals surface area (Å²) in [4.78, 5) is 61.3. The van der Waals surface area contributed by atoms with E-state index in [9.17, 15) is 29.3 Å². The van der Waals surface area contributed by atoms with Crippen molar-refractivity contribution in [3.63, 3.8) is 0 Å². The maximum Gasteiger partial charge on any atom is 0.358 e. The molecule has 0 aliphatic carbocycles. The number of carbonyl (C=O) groups excluding carboxylic acids is 4. The fourth-order valence-electron chi connectivity index (χ4n) is 3.87. The fourth-order valence-corrected chi connectivity index (χ4v) is 5.18. The van der Waals surface area contributed by atoms with Gasteiger partial charge >= 0.3 is 5.97 Å². The van der Waals surface area contributed by atoms with Gasteiger partial charge in [-0.15, -0.1) is 11.8 Å². The molecule has 0 saturated carbocycles. The van der Waals surface area contributed by atoms with Crippen LogP contribution in [0, 0.1) is 10.1 Å². The number of carbonyl (C=O) groups is 4. The Kier molecular flexibility index (Phi) is 7.72. The number of benzene rings is 2. The summed E-state index contributed by atoms with van der Waals surface area (Å²) in [5.41, 5.74) is 0.776. The van der Waals surface area contributed by atoms with E-state index >= 15 is 0 Å². The Morgan fingerprint density at radius 2 is 1.92 bits per heavy atom. The van der Waals surface area contributed by atoms with E-state index in [1.807, 2.05) is 0 Å². The van der Waals surface area contributed by atoms with Gasteiger partial charge in [0.1, 0.15) is 23.8 Å². The van der Waals surface area contributed by atoms with Crippen molar-refractivity contribution in [1.29, 1.82) is 0 Å². The molecule has 13 heteroatoms. The molecule has 1 unspecified atom stereocenters. The van der Waals surface area contributed by atoms with Crippen molar-refractivity contribution in [1.82, 2.24) is 10.2 Å². The van der Waals surface area contributed by atoms with E-state index < -0.39 is 40.2 Å². The van der Waals surface area contributed by atoms with E-state index in [4.69, 9.17) is 14.2 Å². The molecule has 0 bridgehead atoms. The van der Waals surface area contributed by atoms with Crippen LogP contribution in [0.5, 0.6) is 0 Å². The number of non-ortho nitro benzene ring substituents is 1. The summed E-state index contributed by atoms with van der Waals surface area (Å²) in [6.07, 6.45) is -1.25. The number of hydrogen-bond acceptors (Lipinski definition) is 10. The van der Waals surface area contributed by atoms with Crippen LogP contribution in [0.15, 0.2) is 66.1 Å². The molecule has 0 aromatic heterocycles. The maximum atomic E-state index is 13.0. The van der Waals surface area contributed by atoms with Gasteiger partial charge < -0.3 is 19.5 Å². The van der Waals surface area contributed by atoms with E-state index in [-0.39, 0.29) is 36.0 Å². The molecule has 3 atom stereocenters. The van der Waals surface area contributed by atoms with Crippen LogP contribution in [0.25, 0.3) is 0 Å². The predicted octanol–water partition coefficient (Wildman–Crippen LogP) is 1.81. The van der Waals surface area contributed by atoms with Gasteiger partial charge in [-0.25, -0.2) is 4.79 Å². The van der Waals surface area contributed by atoms with E-state index in [0.29, 0.717) is 11.1 Å². The van der Waals surface area contributed by atoms with E-state index in [2.05, 4.69) is 5.32 Å². The second-order valence-corrected chi connectivity index (χ2v) is 9.00. The molecule has 37 heavy (non-hydrogen) atoms. The van der Waals surface area contributed by atoms with Gasteiger partial charge in [0, 0.05) is 17.7 Å². The maximum absolute atomic E-state index is 13.0. The first-order valence-electron chi connectivity index (χ1n) is 10.9. The molecule has 2 amide bonds. The standard InChI is InChI=1S/C24H21N3O9S/c1-34-17-12-37-23-18(25-21(29)20(36-13-28)15-5-3-2-4-6-15)22(30)26(23)19(17)24(31)35-11-14-7-9-16(10-8-14)27(32)33/h2-10,13,18,20,23H,11-12H2,1H3,(H,25,29)/t18?,20-,23-/m1/s1. The third kappa shape index (κ3) is 5.26. The summed E-state index contributed by atoms with van der Waals surface area (Å²) >= 11 is 1.29. The summed E-state index contributed by atoms with van der Waals surface area (Å²) in [7, 11) is 1.37. The molecule has 1 N–H and O–H groups in total. The molecule has 12 nitrogen and oxygen atoms in total. The van der Waals surface area contributed by atoms with Crippen molar-refractivity contribution in [3.8, 4) is 0 Å². The Hall–Kier alpha value is -4.39. The molecule has 1 saturated heterocycles. The average molecular weight is 528 g/mol. The van der Waals surface area contributed by atoms with Crippen LogP contribution in [-0.2, 0) is 40.0 Å². The SMILES string of the molecule is COC1=C(C(=O)OCc2ccc([N+](=O)[O-])cc2)N2C(=O)C(NC(=O)[C@H](OC=O)c3ccccc3)[C@H]2SC1. The average Bonchev–Trinajstić information content (AvgIpc) is 2.92. The first kappa shape index (κ1) is 25.7. The number of rotatable bonds is 10. The smallest absolute Gasteiger partial charge is 0.358 e. The van der Waals surface area contributed by atoms with Crippen molar-refractivity contribution in [2.24, 2.45) is 0 Å². The Bertz CT molecular complexity index is 1250. The minimum Gasteiger partial charge on any atom is -0.498 e. The van der Waals surface area contributed by atoms with Gasteiger partial charge in [-0.3, -0.25) is 29.4 Å². The molecule has 192 valence electrons. The van der Waals surface area contributed by atoms with Gasteiger partial charge in [0.05, 0.1) is 17.8 Å². The van der Waals surface area contributed by atoms with Crippen molar-refractivity contribution in [2.75, 3.05) is 12.9 Å². The van der Waals surface area contributed by atoms with Crippen LogP contribution in [-0.4, -0.2) is 58.4 Å². The van der Waals surface area contributed by atoms with Gasteiger partial charge in [-0.2, -0.15) is 0 Å². The van der Waals surface area contributed by atoms with Crippen molar-refractivity contribution in [3.05, 3.63) is 87.3 Å². The lowest BCUT2D eigenvalue weighted by Crippen LogP contribution is -2.71. The van der Waals surface area contributed by atoms with Crippen LogP contribution in [0.1, 0.15) is 17.2 Å².